The van der Waals surface area contributed by atoms with Gasteiger partial charge in [0.1, 0.15) is 0 Å². The van der Waals surface area contributed by atoms with Gasteiger partial charge in [-0.1, -0.05) is 0 Å². The second-order valence-electron chi connectivity index (χ2n) is 5.68. The Labute approximate surface area is 93.5 Å². The highest BCUT2D eigenvalue weighted by molar-refractivity contribution is 5.69. The van der Waals surface area contributed by atoms with Crippen LogP contribution in [-0.4, -0.2) is 48.5 Å². The van der Waals surface area contributed by atoms with Crippen molar-refractivity contribution in [3.05, 3.63) is 0 Å². The van der Waals surface area contributed by atoms with E-state index in [0.717, 1.165) is 26.3 Å². The Morgan fingerprint density at radius 3 is 2.07 bits per heavy atom. The van der Waals surface area contributed by atoms with Crippen LogP contribution in [0.4, 0.5) is 0 Å². The molecule has 0 aromatic heterocycles. The lowest BCUT2D eigenvalue weighted by molar-refractivity contribution is 0.0111. The van der Waals surface area contributed by atoms with Gasteiger partial charge in [-0.25, -0.2) is 0 Å². The third-order valence-electron chi connectivity index (χ3n) is 2.59. The van der Waals surface area contributed by atoms with Gasteiger partial charge in [0, 0.05) is 19.3 Å². The molecule has 1 saturated heterocycles. The molecule has 3 heteroatoms. The van der Waals surface area contributed by atoms with Gasteiger partial charge in [-0.2, -0.15) is 0 Å². The summed E-state index contributed by atoms with van der Waals surface area (Å²) in [5.41, 5.74) is 0.0562. The van der Waals surface area contributed by atoms with Crippen molar-refractivity contribution in [2.24, 2.45) is 4.99 Å². The fourth-order valence-corrected chi connectivity index (χ4v) is 1.57. The quantitative estimate of drug-likeness (QED) is 0.654. The van der Waals surface area contributed by atoms with Crippen LogP contribution in [0.15, 0.2) is 4.99 Å². The van der Waals surface area contributed by atoms with Gasteiger partial charge < -0.3 is 4.74 Å². The zero-order valence-electron chi connectivity index (χ0n) is 10.7. The monoisotopic (exact) mass is 212 g/mol. The number of rotatable bonds is 2. The van der Waals surface area contributed by atoms with Gasteiger partial charge in [0.05, 0.1) is 24.3 Å². The van der Waals surface area contributed by atoms with Gasteiger partial charge in [0.25, 0.3) is 0 Å². The van der Waals surface area contributed by atoms with Crippen molar-refractivity contribution in [2.75, 3.05) is 26.3 Å². The van der Waals surface area contributed by atoms with Crippen molar-refractivity contribution in [1.82, 2.24) is 4.90 Å². The molecule has 15 heavy (non-hydrogen) atoms. The van der Waals surface area contributed by atoms with E-state index >= 15 is 0 Å². The van der Waals surface area contributed by atoms with Crippen LogP contribution < -0.4 is 0 Å². The second-order valence-corrected chi connectivity index (χ2v) is 5.68. The molecule has 0 unspecified atom stereocenters. The maximum absolute atomic E-state index is 5.35. The molecule has 1 rings (SSSR count). The first-order valence-electron chi connectivity index (χ1n) is 5.70. The molecule has 0 amide bonds. The number of hydrogen-bond donors (Lipinski definition) is 0. The van der Waals surface area contributed by atoms with Crippen LogP contribution in [-0.2, 0) is 4.74 Å². The number of morpholine rings is 1. The van der Waals surface area contributed by atoms with Crippen LogP contribution in [0.2, 0.25) is 0 Å². The smallest absolute Gasteiger partial charge is 0.0594 e. The Morgan fingerprint density at radius 1 is 1.07 bits per heavy atom. The summed E-state index contributed by atoms with van der Waals surface area (Å²) in [6.07, 6.45) is 2.08. The number of aliphatic imine (C=N–C) groups is 1. The average Bonchev–Trinajstić information content (AvgIpc) is 2.16. The zero-order chi connectivity index (χ0) is 11.5. The minimum Gasteiger partial charge on any atom is -0.379 e. The first-order valence-corrected chi connectivity index (χ1v) is 5.70. The number of hydrogen-bond acceptors (Lipinski definition) is 3. The fraction of sp³-hybridized carbons (Fsp3) is 0.917. The van der Waals surface area contributed by atoms with E-state index in [1.54, 1.807) is 0 Å². The molecule has 0 aromatic rings. The Hall–Kier alpha value is -0.410. The first-order chi connectivity index (χ1) is 6.81. The third-order valence-corrected chi connectivity index (χ3v) is 2.59. The molecule has 1 fully saturated rings. The van der Waals surface area contributed by atoms with Crippen molar-refractivity contribution in [2.45, 2.75) is 45.7 Å². The minimum atomic E-state index is 0.0174. The fourth-order valence-electron chi connectivity index (χ4n) is 1.57. The van der Waals surface area contributed by atoms with Gasteiger partial charge in [-0.05, 0) is 34.6 Å². The second kappa shape index (κ2) is 4.62. The van der Waals surface area contributed by atoms with Crippen molar-refractivity contribution >= 4 is 6.21 Å². The SMILES string of the molecule is CC(C)(C)N=CC(C)(C)N1CCOCC1. The largest absolute Gasteiger partial charge is 0.379 e. The van der Waals surface area contributed by atoms with Crippen molar-refractivity contribution in [1.29, 1.82) is 0 Å². The normalized spacial score (nSPS) is 21.1. The molecule has 0 radical (unpaired) electrons. The molecule has 0 N–H and O–H groups in total. The molecule has 0 saturated carbocycles. The van der Waals surface area contributed by atoms with E-state index in [1.165, 1.54) is 0 Å². The van der Waals surface area contributed by atoms with Gasteiger partial charge in [0.2, 0.25) is 0 Å². The van der Waals surface area contributed by atoms with E-state index in [-0.39, 0.29) is 11.1 Å². The van der Waals surface area contributed by atoms with Crippen LogP contribution in [0.5, 0.6) is 0 Å². The topological polar surface area (TPSA) is 24.8 Å². The Balaban J connectivity index is 2.60. The Kier molecular flexibility index (Phi) is 3.90. The van der Waals surface area contributed by atoms with Crippen LogP contribution in [0.25, 0.3) is 0 Å². The predicted molar refractivity (Wildman–Crippen MR) is 64.7 cm³/mol. The van der Waals surface area contributed by atoms with Crippen LogP contribution in [0.1, 0.15) is 34.6 Å². The lowest BCUT2D eigenvalue weighted by Crippen LogP contribution is -2.51. The summed E-state index contributed by atoms with van der Waals surface area (Å²) in [5, 5.41) is 0. The Bertz CT molecular complexity index is 222. The molecule has 1 aliphatic rings. The molecule has 1 heterocycles. The maximum Gasteiger partial charge on any atom is 0.0594 e. The van der Waals surface area contributed by atoms with E-state index < -0.39 is 0 Å². The molecule has 88 valence electrons. The predicted octanol–water partition coefficient (Wildman–Crippen LogP) is 1.97. The molecule has 0 spiro atoms. The molecule has 0 aromatic carbocycles. The molecule has 3 nitrogen and oxygen atoms in total. The van der Waals surface area contributed by atoms with E-state index in [1.807, 2.05) is 0 Å². The summed E-state index contributed by atoms with van der Waals surface area (Å²) in [6.45, 7) is 14.5. The maximum atomic E-state index is 5.35. The van der Waals surface area contributed by atoms with Crippen LogP contribution in [0, 0.1) is 0 Å². The molecule has 0 bridgehead atoms. The zero-order valence-corrected chi connectivity index (χ0v) is 10.7. The van der Waals surface area contributed by atoms with E-state index in [4.69, 9.17) is 4.74 Å². The van der Waals surface area contributed by atoms with Crippen molar-refractivity contribution < 1.29 is 4.74 Å². The third kappa shape index (κ3) is 4.31. The van der Waals surface area contributed by atoms with Crippen molar-refractivity contribution in [3.63, 3.8) is 0 Å². The summed E-state index contributed by atoms with van der Waals surface area (Å²) < 4.78 is 5.35. The highest BCUT2D eigenvalue weighted by Gasteiger charge is 2.26. The highest BCUT2D eigenvalue weighted by atomic mass is 16.5. The van der Waals surface area contributed by atoms with Gasteiger partial charge in [-0.3, -0.25) is 9.89 Å². The summed E-state index contributed by atoms with van der Waals surface area (Å²) in [5.74, 6) is 0. The van der Waals surface area contributed by atoms with Gasteiger partial charge >= 0.3 is 0 Å². The van der Waals surface area contributed by atoms with Crippen molar-refractivity contribution in [3.8, 4) is 0 Å². The number of nitrogens with zero attached hydrogens (tertiary/aromatic N) is 2. The standard InChI is InChI=1S/C12H24N2O/c1-11(2,3)13-10-12(4,5)14-6-8-15-9-7-14/h10H,6-9H2,1-5H3. The summed E-state index contributed by atoms with van der Waals surface area (Å²) >= 11 is 0. The summed E-state index contributed by atoms with van der Waals surface area (Å²) in [6, 6.07) is 0. The van der Waals surface area contributed by atoms with Crippen LogP contribution >= 0.6 is 0 Å². The molecular formula is C12H24N2O. The Morgan fingerprint density at radius 2 is 1.60 bits per heavy atom. The van der Waals surface area contributed by atoms with E-state index in [2.05, 4.69) is 50.7 Å². The summed E-state index contributed by atoms with van der Waals surface area (Å²) in [7, 11) is 0. The summed E-state index contributed by atoms with van der Waals surface area (Å²) in [4.78, 5) is 7.02. The van der Waals surface area contributed by atoms with E-state index in [0.29, 0.717) is 0 Å². The molecule has 0 atom stereocenters. The molecule has 0 aliphatic carbocycles. The molecular weight excluding hydrogens is 188 g/mol. The average molecular weight is 212 g/mol. The van der Waals surface area contributed by atoms with Crippen LogP contribution in [0.3, 0.4) is 0 Å². The van der Waals surface area contributed by atoms with Gasteiger partial charge in [-0.15, -0.1) is 0 Å². The van der Waals surface area contributed by atoms with E-state index in [9.17, 15) is 0 Å². The molecule has 1 aliphatic heterocycles. The lowest BCUT2D eigenvalue weighted by Gasteiger charge is -2.38. The lowest BCUT2D eigenvalue weighted by atomic mass is 10.0. The minimum absolute atomic E-state index is 0.0174. The number of ether oxygens (including phenoxy) is 1. The van der Waals surface area contributed by atoms with Gasteiger partial charge in [0.15, 0.2) is 0 Å². The first kappa shape index (κ1) is 12.7. The highest BCUT2D eigenvalue weighted by Crippen LogP contribution is 2.16.